The first-order valence-corrected chi connectivity index (χ1v) is 12.0. The molecule has 1 heterocycles. The number of rotatable bonds is 8. The van der Waals surface area contributed by atoms with Crippen molar-refractivity contribution in [2.75, 3.05) is 7.11 Å². The standard InChI is InChI=1S/C26H23BrClNO6/c1-15-25(17-4-7-20(28)8-5-17)35-26(32)29(15)14-18-13-19(27)6-10-21(18)34-23-11-16(12-24(30)31)3-9-22(23)33-2/h3-11,13,15,25H,12,14H2,1-2H3,(H,30,31)/t15-,25-/m1/s1. The van der Waals surface area contributed by atoms with E-state index in [4.69, 9.17) is 30.9 Å². The number of carbonyl (C=O) groups is 2. The van der Waals surface area contributed by atoms with E-state index >= 15 is 0 Å². The zero-order valence-electron chi connectivity index (χ0n) is 19.0. The molecule has 0 unspecified atom stereocenters. The smallest absolute Gasteiger partial charge is 0.411 e. The van der Waals surface area contributed by atoms with E-state index in [0.717, 1.165) is 15.6 Å². The molecule has 0 radical (unpaired) electrons. The lowest BCUT2D eigenvalue weighted by atomic mass is 10.0. The van der Waals surface area contributed by atoms with Gasteiger partial charge in [-0.05, 0) is 60.5 Å². The van der Waals surface area contributed by atoms with Crippen LogP contribution in [0.4, 0.5) is 4.79 Å². The number of carboxylic acid groups (broad SMARTS) is 1. The number of nitrogens with zero attached hydrogens (tertiary/aromatic N) is 1. The second-order valence-electron chi connectivity index (χ2n) is 8.13. The Morgan fingerprint density at radius 2 is 1.80 bits per heavy atom. The van der Waals surface area contributed by atoms with E-state index in [2.05, 4.69) is 15.9 Å². The number of amides is 1. The quantitative estimate of drug-likeness (QED) is 0.334. The molecule has 3 aromatic carbocycles. The molecule has 0 aliphatic carbocycles. The molecule has 1 aliphatic rings. The van der Waals surface area contributed by atoms with Gasteiger partial charge in [0.2, 0.25) is 0 Å². The molecule has 0 saturated carbocycles. The molecule has 1 aliphatic heterocycles. The molecule has 1 amide bonds. The van der Waals surface area contributed by atoms with Crippen LogP contribution in [0.1, 0.15) is 29.7 Å². The second-order valence-corrected chi connectivity index (χ2v) is 9.49. The summed E-state index contributed by atoms with van der Waals surface area (Å²) in [6, 6.07) is 17.5. The van der Waals surface area contributed by atoms with Crippen LogP contribution in [-0.4, -0.2) is 35.2 Å². The SMILES string of the molecule is COc1ccc(CC(=O)O)cc1Oc1ccc(Br)cc1CN1C(=O)O[C@@H](c2ccc(Cl)cc2)[C@H]1C. The molecule has 7 nitrogen and oxygen atoms in total. The van der Waals surface area contributed by atoms with Crippen LogP contribution in [0.25, 0.3) is 0 Å². The van der Waals surface area contributed by atoms with Gasteiger partial charge < -0.3 is 19.3 Å². The number of cyclic esters (lactones) is 1. The lowest BCUT2D eigenvalue weighted by Gasteiger charge is -2.23. The van der Waals surface area contributed by atoms with E-state index in [1.807, 2.05) is 31.2 Å². The third-order valence-corrected chi connectivity index (χ3v) is 6.50. The molecular formula is C26H23BrClNO6. The second kappa shape index (κ2) is 10.6. The predicted molar refractivity (Wildman–Crippen MR) is 134 cm³/mol. The van der Waals surface area contributed by atoms with Gasteiger partial charge in [0.15, 0.2) is 11.5 Å². The van der Waals surface area contributed by atoms with Crippen LogP contribution >= 0.6 is 27.5 Å². The van der Waals surface area contributed by atoms with Gasteiger partial charge in [0, 0.05) is 15.1 Å². The number of carbonyl (C=O) groups excluding carboxylic acids is 1. The molecule has 1 N–H and O–H groups in total. The van der Waals surface area contributed by atoms with Crippen LogP contribution < -0.4 is 9.47 Å². The largest absolute Gasteiger partial charge is 0.493 e. The first kappa shape index (κ1) is 24.9. The monoisotopic (exact) mass is 559 g/mol. The Balaban J connectivity index is 1.61. The van der Waals surface area contributed by atoms with Gasteiger partial charge in [-0.1, -0.05) is 45.7 Å². The Labute approximate surface area is 216 Å². The van der Waals surface area contributed by atoms with Crippen molar-refractivity contribution in [3.8, 4) is 17.2 Å². The van der Waals surface area contributed by atoms with E-state index in [9.17, 15) is 9.59 Å². The summed E-state index contributed by atoms with van der Waals surface area (Å²) in [5.74, 6) is 0.409. The van der Waals surface area contributed by atoms with Crippen molar-refractivity contribution in [3.63, 3.8) is 0 Å². The third kappa shape index (κ3) is 5.71. The van der Waals surface area contributed by atoms with Crippen molar-refractivity contribution in [2.24, 2.45) is 0 Å². The number of hydrogen-bond acceptors (Lipinski definition) is 5. The maximum Gasteiger partial charge on any atom is 0.411 e. The van der Waals surface area contributed by atoms with Gasteiger partial charge in [0.05, 0.1) is 26.1 Å². The molecule has 4 rings (SSSR count). The topological polar surface area (TPSA) is 85.3 Å². The number of ether oxygens (including phenoxy) is 3. The van der Waals surface area contributed by atoms with E-state index in [1.165, 1.54) is 7.11 Å². The summed E-state index contributed by atoms with van der Waals surface area (Å²) < 4.78 is 18.1. The highest BCUT2D eigenvalue weighted by Crippen LogP contribution is 2.38. The number of methoxy groups -OCH3 is 1. The minimum absolute atomic E-state index is 0.142. The normalized spacial score (nSPS) is 17.3. The fraction of sp³-hybridized carbons (Fsp3) is 0.231. The number of hydrogen-bond donors (Lipinski definition) is 1. The predicted octanol–water partition coefficient (Wildman–Crippen LogP) is 6.61. The maximum atomic E-state index is 12.8. The Morgan fingerprint density at radius 1 is 1.09 bits per heavy atom. The summed E-state index contributed by atoms with van der Waals surface area (Å²) in [7, 11) is 1.51. The molecule has 0 aromatic heterocycles. The highest BCUT2D eigenvalue weighted by molar-refractivity contribution is 9.10. The van der Waals surface area contributed by atoms with Crippen molar-refractivity contribution < 1.29 is 28.9 Å². The molecule has 0 bridgehead atoms. The van der Waals surface area contributed by atoms with Gasteiger partial charge in [0.25, 0.3) is 0 Å². The maximum absolute atomic E-state index is 12.8. The van der Waals surface area contributed by atoms with Gasteiger partial charge in [-0.15, -0.1) is 0 Å². The number of aliphatic carboxylic acids is 1. The molecule has 9 heteroatoms. The van der Waals surface area contributed by atoms with Crippen LogP contribution in [0.3, 0.4) is 0 Å². The first-order chi connectivity index (χ1) is 16.7. The van der Waals surface area contributed by atoms with Crippen LogP contribution in [0, 0.1) is 0 Å². The molecule has 0 spiro atoms. The molecule has 2 atom stereocenters. The molecule has 1 saturated heterocycles. The summed E-state index contributed by atoms with van der Waals surface area (Å²) in [6.07, 6.45) is -0.995. The van der Waals surface area contributed by atoms with Crippen molar-refractivity contribution >= 4 is 39.6 Å². The summed E-state index contributed by atoms with van der Waals surface area (Å²) >= 11 is 9.49. The van der Waals surface area contributed by atoms with Crippen molar-refractivity contribution in [1.29, 1.82) is 0 Å². The summed E-state index contributed by atoms with van der Waals surface area (Å²) in [5.41, 5.74) is 2.18. The van der Waals surface area contributed by atoms with Crippen LogP contribution in [0.15, 0.2) is 65.1 Å². The van der Waals surface area contributed by atoms with Crippen molar-refractivity contribution in [3.05, 3.63) is 86.8 Å². The zero-order valence-corrected chi connectivity index (χ0v) is 21.4. The van der Waals surface area contributed by atoms with Crippen molar-refractivity contribution in [1.82, 2.24) is 4.90 Å². The summed E-state index contributed by atoms with van der Waals surface area (Å²) in [6.45, 7) is 2.18. The van der Waals surface area contributed by atoms with E-state index in [-0.39, 0.29) is 19.0 Å². The minimum Gasteiger partial charge on any atom is -0.493 e. The highest BCUT2D eigenvalue weighted by Gasteiger charge is 2.40. The highest BCUT2D eigenvalue weighted by atomic mass is 79.9. The Kier molecular flexibility index (Phi) is 7.52. The number of benzene rings is 3. The first-order valence-electron chi connectivity index (χ1n) is 10.8. The molecule has 182 valence electrons. The van der Waals surface area contributed by atoms with E-state index in [0.29, 0.717) is 27.8 Å². The molecule has 1 fully saturated rings. The Hall–Kier alpha value is -3.23. The van der Waals surface area contributed by atoms with Crippen molar-refractivity contribution in [2.45, 2.75) is 32.0 Å². The van der Waals surface area contributed by atoms with Gasteiger partial charge in [0.1, 0.15) is 11.9 Å². The van der Waals surface area contributed by atoms with E-state index in [1.54, 1.807) is 41.3 Å². The average molecular weight is 561 g/mol. The fourth-order valence-corrected chi connectivity index (χ4v) is 4.51. The van der Waals surface area contributed by atoms with Crippen LogP contribution in [0.5, 0.6) is 17.2 Å². The van der Waals surface area contributed by atoms with Gasteiger partial charge in [-0.3, -0.25) is 9.69 Å². The van der Waals surface area contributed by atoms with E-state index < -0.39 is 18.2 Å². The van der Waals surface area contributed by atoms with Gasteiger partial charge in [-0.2, -0.15) is 0 Å². The zero-order chi connectivity index (χ0) is 25.1. The average Bonchev–Trinajstić information content (AvgIpc) is 3.09. The number of halogens is 2. The lowest BCUT2D eigenvalue weighted by molar-refractivity contribution is -0.136. The Morgan fingerprint density at radius 3 is 2.49 bits per heavy atom. The molecular weight excluding hydrogens is 538 g/mol. The lowest BCUT2D eigenvalue weighted by Crippen LogP contribution is -2.31. The third-order valence-electron chi connectivity index (χ3n) is 5.76. The molecule has 3 aromatic rings. The van der Waals surface area contributed by atoms with Gasteiger partial charge in [-0.25, -0.2) is 4.79 Å². The summed E-state index contributed by atoms with van der Waals surface area (Å²) in [4.78, 5) is 25.6. The Bertz CT molecular complexity index is 1250. The van der Waals surface area contributed by atoms with Gasteiger partial charge >= 0.3 is 12.1 Å². The van der Waals surface area contributed by atoms with Crippen LogP contribution in [-0.2, 0) is 22.5 Å². The summed E-state index contributed by atoms with van der Waals surface area (Å²) in [5, 5.41) is 9.75. The minimum atomic E-state index is -0.942. The van der Waals surface area contributed by atoms with Crippen LogP contribution in [0.2, 0.25) is 5.02 Å². The molecule has 35 heavy (non-hydrogen) atoms. The number of carboxylic acids is 1. The fourth-order valence-electron chi connectivity index (χ4n) is 3.97.